The van der Waals surface area contributed by atoms with Crippen LogP contribution >= 0.6 is 0 Å². The number of aromatic nitrogens is 1. The van der Waals surface area contributed by atoms with Crippen LogP contribution < -0.4 is 9.30 Å². The molecule has 4 aromatic rings. The molecule has 0 radical (unpaired) electrons. The lowest BCUT2D eigenvalue weighted by Gasteiger charge is -2.15. The van der Waals surface area contributed by atoms with E-state index in [4.69, 9.17) is 4.74 Å². The van der Waals surface area contributed by atoms with Crippen molar-refractivity contribution in [3.05, 3.63) is 72.3 Å². The highest BCUT2D eigenvalue weighted by Gasteiger charge is 2.20. The van der Waals surface area contributed by atoms with Crippen molar-refractivity contribution < 1.29 is 14.4 Å². The van der Waals surface area contributed by atoms with E-state index in [1.807, 2.05) is 12.1 Å². The zero-order chi connectivity index (χ0) is 18.1. The van der Waals surface area contributed by atoms with Crippen molar-refractivity contribution in [2.75, 3.05) is 13.7 Å². The average molecular weight is 344 g/mol. The number of aliphatic hydroxyl groups excluding tert-OH is 1. The lowest BCUT2D eigenvalue weighted by Crippen LogP contribution is -2.30. The molecule has 0 spiro atoms. The van der Waals surface area contributed by atoms with E-state index in [0.717, 1.165) is 16.9 Å². The van der Waals surface area contributed by atoms with E-state index in [1.165, 1.54) is 27.4 Å². The summed E-state index contributed by atoms with van der Waals surface area (Å²) in [6.45, 7) is 0.108. The molecule has 0 aliphatic rings. The Bertz CT molecular complexity index is 1050. The summed E-state index contributed by atoms with van der Waals surface area (Å²) in [5, 5.41) is 12.0. The maximum atomic E-state index is 9.58. The second-order valence-electron chi connectivity index (χ2n) is 6.46. The van der Waals surface area contributed by atoms with E-state index >= 15 is 0 Å². The van der Waals surface area contributed by atoms with E-state index in [1.54, 1.807) is 7.11 Å². The Balaban J connectivity index is 2.15. The van der Waals surface area contributed by atoms with Gasteiger partial charge >= 0.3 is 0 Å². The fraction of sp³-hybridized carbons (Fsp3) is 0.174. The summed E-state index contributed by atoms with van der Waals surface area (Å²) >= 11 is 0. The van der Waals surface area contributed by atoms with Gasteiger partial charge in [0, 0.05) is 24.3 Å². The predicted octanol–water partition coefficient (Wildman–Crippen LogP) is 4.03. The number of ether oxygens (including phenoxy) is 1. The number of fused-ring (bicyclic) bond motifs is 2. The van der Waals surface area contributed by atoms with Crippen LogP contribution in [0.25, 0.3) is 32.9 Å². The van der Waals surface area contributed by atoms with Crippen LogP contribution in [0.15, 0.2) is 66.7 Å². The second-order valence-corrected chi connectivity index (χ2v) is 6.46. The molecule has 0 aliphatic carbocycles. The molecule has 0 bridgehead atoms. The number of aryl methyl sites for hydroxylation is 1. The van der Waals surface area contributed by atoms with Crippen molar-refractivity contribution in [3.8, 4) is 16.9 Å². The van der Waals surface area contributed by atoms with Crippen molar-refractivity contribution in [1.29, 1.82) is 0 Å². The first-order chi connectivity index (χ1) is 12.7. The van der Waals surface area contributed by atoms with Gasteiger partial charge in [-0.1, -0.05) is 30.3 Å². The number of aliphatic hydroxyl groups is 1. The number of pyridine rings is 1. The van der Waals surface area contributed by atoms with Gasteiger partial charge in [0.1, 0.15) is 12.8 Å². The van der Waals surface area contributed by atoms with E-state index in [0.29, 0.717) is 6.42 Å². The topological polar surface area (TPSA) is 33.3 Å². The molecule has 130 valence electrons. The summed E-state index contributed by atoms with van der Waals surface area (Å²) in [5.74, 6) is 0.812. The van der Waals surface area contributed by atoms with Gasteiger partial charge in [0.25, 0.3) is 0 Å². The molecule has 0 saturated heterocycles. The highest BCUT2D eigenvalue weighted by Crippen LogP contribution is 2.37. The minimum Gasteiger partial charge on any atom is -0.497 e. The number of benzene rings is 3. The Morgan fingerprint density at radius 1 is 0.885 bits per heavy atom. The van der Waals surface area contributed by atoms with Gasteiger partial charge in [0.05, 0.1) is 17.9 Å². The predicted molar refractivity (Wildman–Crippen MR) is 105 cm³/mol. The molecular formula is C23H22NO2+. The maximum Gasteiger partial charge on any atom is 0.213 e. The summed E-state index contributed by atoms with van der Waals surface area (Å²) in [5.41, 5.74) is 5.82. The molecule has 0 fully saturated rings. The molecule has 3 aromatic carbocycles. The molecule has 3 heteroatoms. The van der Waals surface area contributed by atoms with Crippen LogP contribution in [0.5, 0.6) is 5.75 Å². The molecule has 1 N–H and O–H groups in total. The van der Waals surface area contributed by atoms with Crippen molar-refractivity contribution >= 4 is 21.8 Å². The molecule has 0 amide bonds. The molecule has 0 aliphatic heterocycles. The van der Waals surface area contributed by atoms with Gasteiger partial charge in [-0.05, 0) is 41.8 Å². The number of methoxy groups -OCH3 is 1. The third-order valence-corrected chi connectivity index (χ3v) is 5.03. The van der Waals surface area contributed by atoms with E-state index in [9.17, 15) is 5.11 Å². The van der Waals surface area contributed by atoms with Crippen LogP contribution in [-0.4, -0.2) is 18.8 Å². The Kier molecular flexibility index (Phi) is 4.31. The van der Waals surface area contributed by atoms with Gasteiger partial charge < -0.3 is 9.84 Å². The number of nitrogens with zero attached hydrogens (tertiary/aromatic N) is 1. The number of hydrogen-bond donors (Lipinski definition) is 1. The van der Waals surface area contributed by atoms with Gasteiger partial charge in [-0.15, -0.1) is 0 Å². The molecule has 3 nitrogen and oxygen atoms in total. The fourth-order valence-corrected chi connectivity index (χ4v) is 3.79. The first kappa shape index (κ1) is 16.6. The molecule has 0 saturated carbocycles. The molecule has 26 heavy (non-hydrogen) atoms. The lowest BCUT2D eigenvalue weighted by molar-refractivity contribution is -0.617. The first-order valence-corrected chi connectivity index (χ1v) is 8.82. The van der Waals surface area contributed by atoms with Crippen molar-refractivity contribution in [3.63, 3.8) is 0 Å². The van der Waals surface area contributed by atoms with Gasteiger partial charge in [0.2, 0.25) is 11.0 Å². The summed E-state index contributed by atoms with van der Waals surface area (Å²) in [7, 11) is 3.78. The smallest absolute Gasteiger partial charge is 0.213 e. The summed E-state index contributed by atoms with van der Waals surface area (Å²) in [6, 6.07) is 23.1. The summed E-state index contributed by atoms with van der Waals surface area (Å²) in [6.07, 6.45) is 0.593. The SMILES string of the molecule is COc1ccc(-c2c3ccccc3[n+](C)c3ccccc23)c(CCO)c1. The second kappa shape index (κ2) is 6.77. The van der Waals surface area contributed by atoms with Gasteiger partial charge in [-0.25, -0.2) is 0 Å². The minimum absolute atomic E-state index is 0.108. The quantitative estimate of drug-likeness (QED) is 0.448. The highest BCUT2D eigenvalue weighted by atomic mass is 16.5. The summed E-state index contributed by atoms with van der Waals surface area (Å²) in [4.78, 5) is 0. The largest absolute Gasteiger partial charge is 0.497 e. The van der Waals surface area contributed by atoms with Gasteiger partial charge in [-0.2, -0.15) is 4.57 Å². The fourth-order valence-electron chi connectivity index (χ4n) is 3.79. The van der Waals surface area contributed by atoms with Crippen molar-refractivity contribution in [2.24, 2.45) is 7.05 Å². The van der Waals surface area contributed by atoms with Crippen LogP contribution in [0.2, 0.25) is 0 Å². The van der Waals surface area contributed by atoms with Crippen LogP contribution in [0.1, 0.15) is 5.56 Å². The third kappa shape index (κ3) is 2.61. The van der Waals surface area contributed by atoms with Crippen LogP contribution in [0, 0.1) is 0 Å². The first-order valence-electron chi connectivity index (χ1n) is 8.82. The number of hydrogen-bond acceptors (Lipinski definition) is 2. The molecule has 0 unspecified atom stereocenters. The standard InChI is InChI=1S/C23H22NO2/c1-24-21-9-5-3-7-19(21)23(20-8-4-6-10-22(20)24)18-12-11-17(26-2)15-16(18)13-14-25/h3-12,15,25H,13-14H2,1-2H3/q+1. The molecule has 0 atom stereocenters. The molecule has 4 rings (SSSR count). The third-order valence-electron chi connectivity index (χ3n) is 5.03. The van der Waals surface area contributed by atoms with E-state index in [-0.39, 0.29) is 6.61 Å². The van der Waals surface area contributed by atoms with E-state index < -0.39 is 0 Å². The zero-order valence-corrected chi connectivity index (χ0v) is 15.1. The van der Waals surface area contributed by atoms with Crippen molar-refractivity contribution in [2.45, 2.75) is 6.42 Å². The van der Waals surface area contributed by atoms with Crippen LogP contribution in [0.4, 0.5) is 0 Å². The Morgan fingerprint density at radius 3 is 2.08 bits per heavy atom. The molecule has 1 heterocycles. The monoisotopic (exact) mass is 344 g/mol. The highest BCUT2D eigenvalue weighted by molar-refractivity contribution is 6.07. The normalized spacial score (nSPS) is 11.2. The maximum absolute atomic E-state index is 9.58. The molecule has 1 aromatic heterocycles. The minimum atomic E-state index is 0.108. The van der Waals surface area contributed by atoms with Crippen LogP contribution in [-0.2, 0) is 13.5 Å². The Labute approximate surface area is 153 Å². The molecular weight excluding hydrogens is 322 g/mol. The number of rotatable bonds is 4. The lowest BCUT2D eigenvalue weighted by atomic mass is 9.91. The average Bonchev–Trinajstić information content (AvgIpc) is 2.69. The summed E-state index contributed by atoms with van der Waals surface area (Å²) < 4.78 is 7.64. The van der Waals surface area contributed by atoms with Gasteiger partial charge in [-0.3, -0.25) is 0 Å². The Hall–Kier alpha value is -2.91. The zero-order valence-electron chi connectivity index (χ0n) is 15.1. The Morgan fingerprint density at radius 2 is 1.50 bits per heavy atom. The van der Waals surface area contributed by atoms with Crippen LogP contribution in [0.3, 0.4) is 0 Å². The van der Waals surface area contributed by atoms with Gasteiger partial charge in [0.15, 0.2) is 0 Å². The van der Waals surface area contributed by atoms with Crippen molar-refractivity contribution in [1.82, 2.24) is 0 Å². The number of para-hydroxylation sites is 2. The van der Waals surface area contributed by atoms with E-state index in [2.05, 4.69) is 66.2 Å².